The third-order valence-corrected chi connectivity index (χ3v) is 5.78. The maximum absolute atomic E-state index is 12.8. The second kappa shape index (κ2) is 7.72. The number of hydrogen-bond acceptors (Lipinski definition) is 5. The minimum atomic E-state index is -0.527. The average Bonchev–Trinajstić information content (AvgIpc) is 2.92. The molecule has 2 atom stereocenters. The summed E-state index contributed by atoms with van der Waals surface area (Å²) in [6.45, 7) is 11.6. The van der Waals surface area contributed by atoms with Crippen LogP contribution in [0.2, 0.25) is 0 Å². The molecule has 0 aliphatic carbocycles. The zero-order valence-corrected chi connectivity index (χ0v) is 16.9. The first-order chi connectivity index (χ1) is 12.8. The number of esters is 1. The Morgan fingerprint density at radius 3 is 2.63 bits per heavy atom. The van der Waals surface area contributed by atoms with Crippen LogP contribution in [0.4, 0.5) is 0 Å². The van der Waals surface area contributed by atoms with Crippen LogP contribution in [0.25, 0.3) is 0 Å². The van der Waals surface area contributed by atoms with Crippen LogP contribution in [0.1, 0.15) is 50.8 Å². The van der Waals surface area contributed by atoms with Crippen molar-refractivity contribution in [2.45, 2.75) is 44.9 Å². The number of allylic oxidation sites excluding steroid dienone is 1. The molecule has 6 heteroatoms. The van der Waals surface area contributed by atoms with E-state index in [1.807, 2.05) is 31.2 Å². The van der Waals surface area contributed by atoms with Crippen molar-refractivity contribution >= 4 is 28.8 Å². The van der Waals surface area contributed by atoms with Gasteiger partial charge >= 0.3 is 5.97 Å². The van der Waals surface area contributed by atoms with Crippen molar-refractivity contribution in [2.24, 2.45) is 4.99 Å². The first-order valence-corrected chi connectivity index (χ1v) is 9.90. The standard InChI is InChI=1S/C21H24N2O3S/c1-6-11-26-20(25)17-13(4)22-21-23(19(24)14(5)27-21)18(17)16-9-7-15(8-10-16)12(2)3/h6-10,12,14,18H,1,11H2,2-5H3/t14-,18+/m0/s1. The van der Waals surface area contributed by atoms with Crippen LogP contribution in [0.15, 0.2) is 53.2 Å². The van der Waals surface area contributed by atoms with Gasteiger partial charge in [0.25, 0.3) is 0 Å². The number of carbonyl (C=O) groups is 2. The Bertz CT molecular complexity index is 839. The fraction of sp³-hybridized carbons (Fsp3) is 0.381. The van der Waals surface area contributed by atoms with Gasteiger partial charge in [-0.3, -0.25) is 9.69 Å². The van der Waals surface area contributed by atoms with E-state index in [9.17, 15) is 9.59 Å². The summed E-state index contributed by atoms with van der Waals surface area (Å²) in [6, 6.07) is 7.53. The molecule has 0 saturated carbocycles. The van der Waals surface area contributed by atoms with Crippen LogP contribution in [-0.4, -0.2) is 33.8 Å². The van der Waals surface area contributed by atoms with Crippen molar-refractivity contribution < 1.29 is 14.3 Å². The molecule has 1 amide bonds. The Hall–Kier alpha value is -2.34. The summed E-state index contributed by atoms with van der Waals surface area (Å²) in [5.41, 5.74) is 3.07. The maximum atomic E-state index is 12.8. The number of rotatable bonds is 5. The second-order valence-corrected chi connectivity index (χ2v) is 8.28. The number of ether oxygens (including phenoxy) is 1. The third-order valence-electron chi connectivity index (χ3n) is 4.73. The molecule has 0 N–H and O–H groups in total. The summed E-state index contributed by atoms with van der Waals surface area (Å²) in [6.07, 6.45) is 1.52. The molecule has 0 radical (unpaired) electrons. The molecule has 1 aromatic rings. The lowest BCUT2D eigenvalue weighted by Crippen LogP contribution is -2.40. The summed E-state index contributed by atoms with van der Waals surface area (Å²) in [7, 11) is 0. The summed E-state index contributed by atoms with van der Waals surface area (Å²) < 4.78 is 5.30. The van der Waals surface area contributed by atoms with Gasteiger partial charge in [0.05, 0.1) is 22.6 Å². The van der Waals surface area contributed by atoms with E-state index in [1.165, 1.54) is 23.4 Å². The van der Waals surface area contributed by atoms with Crippen molar-refractivity contribution in [3.05, 3.63) is 59.3 Å². The molecule has 2 aliphatic heterocycles. The van der Waals surface area contributed by atoms with Crippen LogP contribution in [0, 0.1) is 0 Å². The van der Waals surface area contributed by atoms with Gasteiger partial charge in [-0.1, -0.05) is 62.5 Å². The highest BCUT2D eigenvalue weighted by molar-refractivity contribution is 8.15. The van der Waals surface area contributed by atoms with Crippen LogP contribution in [0.5, 0.6) is 0 Å². The maximum Gasteiger partial charge on any atom is 0.338 e. The molecule has 5 nitrogen and oxygen atoms in total. The zero-order valence-electron chi connectivity index (χ0n) is 16.1. The van der Waals surface area contributed by atoms with Gasteiger partial charge in [-0.15, -0.1) is 0 Å². The minimum Gasteiger partial charge on any atom is -0.458 e. The first-order valence-electron chi connectivity index (χ1n) is 9.02. The van der Waals surface area contributed by atoms with Gasteiger partial charge in [0.1, 0.15) is 6.61 Å². The molecule has 142 valence electrons. The Morgan fingerprint density at radius 2 is 2.04 bits per heavy atom. The Morgan fingerprint density at radius 1 is 1.37 bits per heavy atom. The highest BCUT2D eigenvalue weighted by Crippen LogP contribution is 2.43. The largest absolute Gasteiger partial charge is 0.458 e. The number of fused-ring (bicyclic) bond motifs is 1. The van der Waals surface area contributed by atoms with Crippen molar-refractivity contribution in [1.82, 2.24) is 4.90 Å². The molecule has 3 rings (SSSR count). The molecule has 0 unspecified atom stereocenters. The molecule has 0 aromatic heterocycles. The van der Waals surface area contributed by atoms with Gasteiger partial charge in [-0.05, 0) is 30.9 Å². The smallest absolute Gasteiger partial charge is 0.338 e. The van der Waals surface area contributed by atoms with Gasteiger partial charge in [0, 0.05) is 0 Å². The van der Waals surface area contributed by atoms with Gasteiger partial charge in [-0.2, -0.15) is 0 Å². The van der Waals surface area contributed by atoms with Crippen LogP contribution in [0.3, 0.4) is 0 Å². The fourth-order valence-corrected chi connectivity index (χ4v) is 4.28. The molecule has 2 heterocycles. The van der Waals surface area contributed by atoms with E-state index in [-0.39, 0.29) is 17.8 Å². The Labute approximate surface area is 164 Å². The van der Waals surface area contributed by atoms with Crippen molar-refractivity contribution in [3.8, 4) is 0 Å². The van der Waals surface area contributed by atoms with Crippen molar-refractivity contribution in [3.63, 3.8) is 0 Å². The Kier molecular flexibility index (Phi) is 5.56. The highest BCUT2D eigenvalue weighted by atomic mass is 32.2. The van der Waals surface area contributed by atoms with E-state index in [2.05, 4.69) is 25.4 Å². The van der Waals surface area contributed by atoms with E-state index in [0.29, 0.717) is 22.4 Å². The number of aliphatic imine (C=N–C) groups is 1. The van der Waals surface area contributed by atoms with E-state index in [0.717, 1.165) is 5.56 Å². The molecule has 27 heavy (non-hydrogen) atoms. The molecule has 0 bridgehead atoms. The molecule has 0 spiro atoms. The number of nitrogens with zero attached hydrogens (tertiary/aromatic N) is 2. The lowest BCUT2D eigenvalue weighted by Gasteiger charge is -2.33. The minimum absolute atomic E-state index is 0.0433. The van der Waals surface area contributed by atoms with Gasteiger partial charge in [0.2, 0.25) is 5.91 Å². The lowest BCUT2D eigenvalue weighted by molar-refractivity contribution is -0.139. The number of amidine groups is 1. The monoisotopic (exact) mass is 384 g/mol. The molecular weight excluding hydrogens is 360 g/mol. The first kappa shape index (κ1) is 19.4. The summed E-state index contributed by atoms with van der Waals surface area (Å²) in [4.78, 5) is 31.7. The number of amides is 1. The normalized spacial score (nSPS) is 22.0. The number of hydrogen-bond donors (Lipinski definition) is 0. The fourth-order valence-electron chi connectivity index (χ4n) is 3.25. The van der Waals surface area contributed by atoms with E-state index in [4.69, 9.17) is 4.74 Å². The summed E-state index contributed by atoms with van der Waals surface area (Å²) >= 11 is 1.42. The SMILES string of the molecule is C=CCOC(=O)C1=C(C)N=C2S[C@@H](C)C(=O)N2[C@@H]1c1ccc(C(C)C)cc1. The number of thioether (sulfide) groups is 1. The second-order valence-electron chi connectivity index (χ2n) is 6.97. The highest BCUT2D eigenvalue weighted by Gasteiger charge is 2.46. The van der Waals surface area contributed by atoms with Gasteiger partial charge in [-0.25, -0.2) is 9.79 Å². The summed E-state index contributed by atoms with van der Waals surface area (Å²) in [5.74, 6) is -0.107. The zero-order chi connectivity index (χ0) is 19.7. The van der Waals surface area contributed by atoms with Gasteiger partial charge < -0.3 is 4.74 Å². The lowest BCUT2D eigenvalue weighted by atomic mass is 9.92. The number of benzene rings is 1. The topological polar surface area (TPSA) is 59.0 Å². The predicted octanol–water partition coefficient (Wildman–Crippen LogP) is 4.19. The Balaban J connectivity index is 2.08. The van der Waals surface area contributed by atoms with Crippen LogP contribution >= 0.6 is 11.8 Å². The van der Waals surface area contributed by atoms with Crippen LogP contribution < -0.4 is 0 Å². The number of carbonyl (C=O) groups excluding carboxylic acids is 2. The van der Waals surface area contributed by atoms with Crippen LogP contribution in [-0.2, 0) is 14.3 Å². The van der Waals surface area contributed by atoms with E-state index >= 15 is 0 Å². The summed E-state index contributed by atoms with van der Waals surface area (Å²) in [5, 5.41) is 0.417. The van der Waals surface area contributed by atoms with E-state index < -0.39 is 12.0 Å². The molecular formula is C21H24N2O3S. The molecule has 1 fully saturated rings. The third kappa shape index (κ3) is 3.58. The van der Waals surface area contributed by atoms with Gasteiger partial charge in [0.15, 0.2) is 5.17 Å². The average molecular weight is 385 g/mol. The predicted molar refractivity (Wildman–Crippen MR) is 108 cm³/mol. The van der Waals surface area contributed by atoms with E-state index in [1.54, 1.807) is 11.8 Å². The molecule has 1 aromatic carbocycles. The quantitative estimate of drug-likeness (QED) is 0.564. The molecule has 2 aliphatic rings. The molecule has 1 saturated heterocycles. The van der Waals surface area contributed by atoms with Crippen molar-refractivity contribution in [1.29, 1.82) is 0 Å². The van der Waals surface area contributed by atoms with Crippen molar-refractivity contribution in [2.75, 3.05) is 6.61 Å².